The summed E-state index contributed by atoms with van der Waals surface area (Å²) in [5, 5.41) is 6.68. The van der Waals surface area contributed by atoms with Gasteiger partial charge in [0.05, 0.1) is 0 Å². The zero-order chi connectivity index (χ0) is 9.99. The predicted molar refractivity (Wildman–Crippen MR) is 36.1 cm³/mol. The van der Waals surface area contributed by atoms with Gasteiger partial charge in [0.25, 0.3) is 0 Å². The van der Waals surface area contributed by atoms with Gasteiger partial charge in [-0.3, -0.25) is 10.1 Å². The monoisotopic (exact) mass is 204 g/mol. The summed E-state index contributed by atoms with van der Waals surface area (Å²) in [4.78, 5) is 0. The lowest BCUT2D eigenvalue weighted by atomic mass is 10.5. The molecule has 0 heterocycles. The number of hydrogen-bond acceptors (Lipinski definition) is 3. The lowest BCUT2D eigenvalue weighted by Gasteiger charge is -2.09. The molecule has 0 aromatic heterocycles. The Hall–Kier alpha value is -0.790. The van der Waals surface area contributed by atoms with Gasteiger partial charge in [0, 0.05) is 6.42 Å². The Morgan fingerprint density at radius 1 is 1.50 bits per heavy atom. The maximum Gasteiger partial charge on any atom is 0.516 e. The van der Waals surface area contributed by atoms with Crippen molar-refractivity contribution < 1.29 is 21.6 Å². The van der Waals surface area contributed by atoms with Crippen molar-refractivity contribution in [2.24, 2.45) is 0 Å². The lowest BCUT2D eigenvalue weighted by molar-refractivity contribution is -0.0442. The number of nitrogens with one attached hydrogen (secondary N) is 2. The molecular weight excluding hydrogens is 197 g/mol. The van der Waals surface area contributed by atoms with Crippen molar-refractivity contribution in [2.75, 3.05) is 0 Å². The van der Waals surface area contributed by atoms with Crippen LogP contribution in [0.15, 0.2) is 0 Å². The predicted octanol–water partition coefficient (Wildman–Crippen LogP) is 0.813. The number of halogens is 3. The number of rotatable bonds is 2. The molecule has 12 heavy (non-hydrogen) atoms. The van der Waals surface area contributed by atoms with Crippen LogP contribution in [0.3, 0.4) is 0 Å². The van der Waals surface area contributed by atoms with Gasteiger partial charge in [-0.2, -0.15) is 21.6 Å². The smallest absolute Gasteiger partial charge is 0.288 e. The average molecular weight is 204 g/mol. The van der Waals surface area contributed by atoms with Gasteiger partial charge in [0.2, 0.25) is 0 Å². The zero-order valence-electron chi connectivity index (χ0n) is 6.07. The third-order valence-corrected chi connectivity index (χ3v) is 2.04. The third-order valence-electron chi connectivity index (χ3n) is 0.916. The first kappa shape index (κ1) is 11.2. The van der Waals surface area contributed by atoms with Crippen molar-refractivity contribution in [3.63, 3.8) is 0 Å². The Labute approximate surface area is 67.3 Å². The summed E-state index contributed by atoms with van der Waals surface area (Å²) in [6, 6.07) is 0. The average Bonchev–Trinajstić information content (AvgIpc) is 1.84. The van der Waals surface area contributed by atoms with Crippen LogP contribution in [0.4, 0.5) is 13.2 Å². The highest BCUT2D eigenvalue weighted by molar-refractivity contribution is 7.90. The van der Waals surface area contributed by atoms with Crippen molar-refractivity contribution in [1.82, 2.24) is 4.72 Å². The van der Waals surface area contributed by atoms with Crippen molar-refractivity contribution in [2.45, 2.75) is 18.9 Å². The third kappa shape index (κ3) is 2.68. The van der Waals surface area contributed by atoms with Gasteiger partial charge in [0.15, 0.2) is 0 Å². The van der Waals surface area contributed by atoms with Crippen LogP contribution >= 0.6 is 0 Å². The van der Waals surface area contributed by atoms with E-state index in [0.29, 0.717) is 0 Å². The van der Waals surface area contributed by atoms with E-state index in [1.165, 1.54) is 6.92 Å². The molecule has 72 valence electrons. The highest BCUT2D eigenvalue weighted by Crippen LogP contribution is 2.21. The Morgan fingerprint density at radius 3 is 2.17 bits per heavy atom. The Kier molecular flexibility index (Phi) is 3.08. The SMILES string of the molecule is CCC(=N)NS(=O)(=O)C(F)(F)F. The quantitative estimate of drug-likeness (QED) is 0.516. The number of sulfonamides is 1. The Morgan fingerprint density at radius 2 is 1.92 bits per heavy atom. The molecule has 0 aliphatic heterocycles. The van der Waals surface area contributed by atoms with Crippen LogP contribution in [0.2, 0.25) is 0 Å². The molecule has 0 saturated heterocycles. The fourth-order valence-corrected chi connectivity index (χ4v) is 0.877. The summed E-state index contributed by atoms with van der Waals surface area (Å²) < 4.78 is 56.3. The number of amidine groups is 1. The first-order valence-electron chi connectivity index (χ1n) is 2.87. The van der Waals surface area contributed by atoms with E-state index in [1.54, 1.807) is 0 Å². The van der Waals surface area contributed by atoms with Gasteiger partial charge >= 0.3 is 15.5 Å². The standard InChI is InChI=1S/C4H7F3N2O2S/c1-2-3(8)9-12(10,11)4(5,6)7/h2H2,1H3,(H2,8,9). The molecule has 2 N–H and O–H groups in total. The molecule has 0 aromatic rings. The van der Waals surface area contributed by atoms with Gasteiger partial charge in [0.1, 0.15) is 5.84 Å². The molecule has 0 amide bonds. The molecule has 4 nitrogen and oxygen atoms in total. The minimum Gasteiger partial charge on any atom is -0.288 e. The van der Waals surface area contributed by atoms with Crippen LogP contribution in [0, 0.1) is 5.41 Å². The largest absolute Gasteiger partial charge is 0.516 e. The minimum atomic E-state index is -5.38. The zero-order valence-corrected chi connectivity index (χ0v) is 6.88. The highest BCUT2D eigenvalue weighted by Gasteiger charge is 2.46. The van der Waals surface area contributed by atoms with Crippen molar-refractivity contribution in [3.05, 3.63) is 0 Å². The lowest BCUT2D eigenvalue weighted by Crippen LogP contribution is -2.39. The molecule has 0 unspecified atom stereocenters. The normalized spacial score (nSPS) is 12.7. The second-order valence-electron chi connectivity index (χ2n) is 1.88. The van der Waals surface area contributed by atoms with Gasteiger partial charge in [-0.25, -0.2) is 0 Å². The van der Waals surface area contributed by atoms with Crippen LogP contribution in [0.1, 0.15) is 13.3 Å². The van der Waals surface area contributed by atoms with Crippen LogP contribution in [-0.2, 0) is 10.0 Å². The van der Waals surface area contributed by atoms with E-state index < -0.39 is 21.4 Å². The molecule has 0 spiro atoms. The van der Waals surface area contributed by atoms with E-state index in [-0.39, 0.29) is 6.42 Å². The topological polar surface area (TPSA) is 70.0 Å². The van der Waals surface area contributed by atoms with Crippen molar-refractivity contribution in [3.8, 4) is 0 Å². The highest BCUT2D eigenvalue weighted by atomic mass is 32.2. The van der Waals surface area contributed by atoms with E-state index >= 15 is 0 Å². The van der Waals surface area contributed by atoms with Gasteiger partial charge in [-0.15, -0.1) is 0 Å². The van der Waals surface area contributed by atoms with Gasteiger partial charge in [-0.05, 0) is 0 Å². The fourth-order valence-electron chi connectivity index (χ4n) is 0.292. The van der Waals surface area contributed by atoms with E-state index in [0.717, 1.165) is 4.72 Å². The first-order chi connectivity index (χ1) is 5.20. The number of hydrogen-bond donors (Lipinski definition) is 2. The molecule has 0 saturated carbocycles. The molecule has 0 fully saturated rings. The Bertz CT molecular complexity index is 269. The van der Waals surface area contributed by atoms with Crippen molar-refractivity contribution >= 4 is 15.9 Å². The molecule has 0 bridgehead atoms. The molecule has 0 atom stereocenters. The maximum atomic E-state index is 11.6. The van der Waals surface area contributed by atoms with E-state index in [1.807, 2.05) is 0 Å². The van der Waals surface area contributed by atoms with E-state index in [9.17, 15) is 21.6 Å². The van der Waals surface area contributed by atoms with Crippen LogP contribution < -0.4 is 4.72 Å². The van der Waals surface area contributed by atoms with Gasteiger partial charge in [-0.1, -0.05) is 6.92 Å². The second-order valence-corrected chi connectivity index (χ2v) is 3.56. The van der Waals surface area contributed by atoms with E-state index in [2.05, 4.69) is 0 Å². The van der Waals surface area contributed by atoms with Crippen LogP contribution in [-0.4, -0.2) is 19.8 Å². The summed E-state index contributed by atoms with van der Waals surface area (Å²) in [7, 11) is -5.38. The van der Waals surface area contributed by atoms with E-state index in [4.69, 9.17) is 5.41 Å². The first-order valence-corrected chi connectivity index (χ1v) is 4.35. The van der Waals surface area contributed by atoms with Crippen LogP contribution in [0.25, 0.3) is 0 Å². The van der Waals surface area contributed by atoms with Crippen LogP contribution in [0.5, 0.6) is 0 Å². The molecular formula is C4H7F3N2O2S. The molecule has 0 rings (SSSR count). The molecule has 0 aliphatic rings. The molecule has 8 heteroatoms. The number of alkyl halides is 3. The second kappa shape index (κ2) is 3.30. The Balaban J connectivity index is 4.58. The molecule has 0 radical (unpaired) electrons. The van der Waals surface area contributed by atoms with Gasteiger partial charge < -0.3 is 0 Å². The summed E-state index contributed by atoms with van der Waals surface area (Å²) >= 11 is 0. The fraction of sp³-hybridized carbons (Fsp3) is 0.750. The molecule has 0 aliphatic carbocycles. The summed E-state index contributed by atoms with van der Waals surface area (Å²) in [5.41, 5.74) is -5.35. The van der Waals surface area contributed by atoms with Crippen molar-refractivity contribution in [1.29, 1.82) is 5.41 Å². The maximum absolute atomic E-state index is 11.6. The summed E-state index contributed by atoms with van der Waals surface area (Å²) in [6.07, 6.45) is -0.102. The minimum absolute atomic E-state index is 0.102. The summed E-state index contributed by atoms with van der Waals surface area (Å²) in [5.74, 6) is -0.688. The summed E-state index contributed by atoms with van der Waals surface area (Å²) in [6.45, 7) is 1.36. The molecule has 0 aromatic carbocycles.